The minimum atomic E-state index is 0.304. The molecule has 3 heterocycles. The van der Waals surface area contributed by atoms with Gasteiger partial charge < -0.3 is 4.74 Å². The lowest BCUT2D eigenvalue weighted by Crippen LogP contribution is -2.21. The average Bonchev–Trinajstić information content (AvgIpc) is 3.12. The molecule has 0 bridgehead atoms. The standard InChI is InChI=1S/C20H22N4OS/c1-15-7-9-17(10-8-15)24-19(16-5-4-11-21-13-16)22-23-20(24)26-14-18-6-2-3-12-25-18/h4-5,7-11,13,18H,2-3,6,12,14H2,1H3. The van der Waals surface area contributed by atoms with Gasteiger partial charge in [-0.15, -0.1) is 10.2 Å². The van der Waals surface area contributed by atoms with Crippen LogP contribution in [0.5, 0.6) is 0 Å². The maximum absolute atomic E-state index is 5.86. The number of nitrogens with zero attached hydrogens (tertiary/aromatic N) is 4. The van der Waals surface area contributed by atoms with Crippen molar-refractivity contribution in [3.63, 3.8) is 0 Å². The molecule has 0 radical (unpaired) electrons. The molecule has 1 unspecified atom stereocenters. The molecular weight excluding hydrogens is 344 g/mol. The van der Waals surface area contributed by atoms with Crippen molar-refractivity contribution in [3.05, 3.63) is 54.4 Å². The van der Waals surface area contributed by atoms with Crippen LogP contribution in [-0.2, 0) is 4.74 Å². The predicted molar refractivity (Wildman–Crippen MR) is 104 cm³/mol. The van der Waals surface area contributed by atoms with Crippen LogP contribution < -0.4 is 0 Å². The maximum atomic E-state index is 5.86. The summed E-state index contributed by atoms with van der Waals surface area (Å²) >= 11 is 1.71. The van der Waals surface area contributed by atoms with Crippen LogP contribution in [0.1, 0.15) is 24.8 Å². The van der Waals surface area contributed by atoms with Gasteiger partial charge in [-0.3, -0.25) is 9.55 Å². The Kier molecular flexibility index (Phi) is 5.32. The molecular formula is C20H22N4OS. The van der Waals surface area contributed by atoms with Crippen molar-refractivity contribution in [2.45, 2.75) is 37.4 Å². The van der Waals surface area contributed by atoms with Gasteiger partial charge in [0.1, 0.15) is 0 Å². The SMILES string of the molecule is Cc1ccc(-n2c(SCC3CCCCO3)nnc2-c2cccnc2)cc1. The van der Waals surface area contributed by atoms with Crippen molar-refractivity contribution in [2.75, 3.05) is 12.4 Å². The van der Waals surface area contributed by atoms with E-state index in [0.29, 0.717) is 6.10 Å². The number of benzene rings is 1. The van der Waals surface area contributed by atoms with Gasteiger partial charge in [-0.05, 0) is 50.5 Å². The maximum Gasteiger partial charge on any atom is 0.196 e. The van der Waals surface area contributed by atoms with E-state index in [-0.39, 0.29) is 0 Å². The lowest BCUT2D eigenvalue weighted by molar-refractivity contribution is 0.0315. The Balaban J connectivity index is 1.67. The summed E-state index contributed by atoms with van der Waals surface area (Å²) in [5.41, 5.74) is 3.25. The molecule has 1 saturated heterocycles. The molecule has 0 aliphatic carbocycles. The topological polar surface area (TPSA) is 52.8 Å². The van der Waals surface area contributed by atoms with E-state index >= 15 is 0 Å². The molecule has 0 amide bonds. The highest BCUT2D eigenvalue weighted by Gasteiger charge is 2.19. The molecule has 134 valence electrons. The first kappa shape index (κ1) is 17.2. The van der Waals surface area contributed by atoms with Crippen LogP contribution in [0.3, 0.4) is 0 Å². The normalized spacial score (nSPS) is 17.3. The zero-order valence-corrected chi connectivity index (χ0v) is 15.7. The van der Waals surface area contributed by atoms with Crippen molar-refractivity contribution in [2.24, 2.45) is 0 Å². The fourth-order valence-corrected chi connectivity index (χ4v) is 4.10. The Bertz CT molecular complexity index is 842. The predicted octanol–water partition coefficient (Wildman–Crippen LogP) is 4.30. The van der Waals surface area contributed by atoms with E-state index in [1.54, 1.807) is 18.0 Å². The van der Waals surface area contributed by atoms with Gasteiger partial charge >= 0.3 is 0 Å². The number of aromatic nitrogens is 4. The number of thioether (sulfide) groups is 1. The smallest absolute Gasteiger partial charge is 0.196 e. The van der Waals surface area contributed by atoms with E-state index in [2.05, 4.69) is 50.9 Å². The van der Waals surface area contributed by atoms with Gasteiger partial charge in [0.25, 0.3) is 0 Å². The van der Waals surface area contributed by atoms with E-state index < -0.39 is 0 Å². The molecule has 0 spiro atoms. The van der Waals surface area contributed by atoms with Crippen LogP contribution in [0.4, 0.5) is 0 Å². The van der Waals surface area contributed by atoms with Gasteiger partial charge in [0.2, 0.25) is 0 Å². The van der Waals surface area contributed by atoms with Crippen LogP contribution in [0.15, 0.2) is 53.9 Å². The first-order valence-corrected chi connectivity index (χ1v) is 9.97. The fraction of sp³-hybridized carbons (Fsp3) is 0.350. The lowest BCUT2D eigenvalue weighted by atomic mass is 10.1. The van der Waals surface area contributed by atoms with Crippen molar-refractivity contribution in [1.82, 2.24) is 19.7 Å². The minimum absolute atomic E-state index is 0.304. The summed E-state index contributed by atoms with van der Waals surface area (Å²) in [7, 11) is 0. The summed E-state index contributed by atoms with van der Waals surface area (Å²) in [5, 5.41) is 9.82. The van der Waals surface area contributed by atoms with Crippen molar-refractivity contribution in [1.29, 1.82) is 0 Å². The molecule has 1 aliphatic heterocycles. The summed E-state index contributed by atoms with van der Waals surface area (Å²) in [6, 6.07) is 12.4. The Morgan fingerprint density at radius 2 is 2.04 bits per heavy atom. The summed E-state index contributed by atoms with van der Waals surface area (Å²) in [5.74, 6) is 1.71. The van der Waals surface area contributed by atoms with Gasteiger partial charge in [0.05, 0.1) is 6.10 Å². The molecule has 4 rings (SSSR count). The fourth-order valence-electron chi connectivity index (χ4n) is 3.08. The third kappa shape index (κ3) is 3.81. The van der Waals surface area contributed by atoms with Crippen LogP contribution in [0.25, 0.3) is 17.1 Å². The number of ether oxygens (including phenoxy) is 1. The molecule has 2 aromatic heterocycles. The van der Waals surface area contributed by atoms with E-state index in [9.17, 15) is 0 Å². The van der Waals surface area contributed by atoms with Gasteiger partial charge in [0.15, 0.2) is 11.0 Å². The Morgan fingerprint density at radius 1 is 1.15 bits per heavy atom. The van der Waals surface area contributed by atoms with Crippen molar-refractivity contribution < 1.29 is 4.74 Å². The summed E-state index contributed by atoms with van der Waals surface area (Å²) in [4.78, 5) is 4.23. The second-order valence-electron chi connectivity index (χ2n) is 6.52. The molecule has 1 atom stereocenters. The van der Waals surface area contributed by atoms with Gasteiger partial charge in [0, 0.05) is 36.0 Å². The average molecular weight is 366 g/mol. The third-order valence-corrected chi connectivity index (χ3v) is 5.58. The molecule has 6 heteroatoms. The lowest BCUT2D eigenvalue weighted by Gasteiger charge is -2.22. The van der Waals surface area contributed by atoms with E-state index in [1.165, 1.54) is 18.4 Å². The molecule has 1 fully saturated rings. The molecule has 1 aromatic carbocycles. The highest BCUT2D eigenvalue weighted by atomic mass is 32.2. The van der Waals surface area contributed by atoms with Crippen molar-refractivity contribution >= 4 is 11.8 Å². The molecule has 5 nitrogen and oxygen atoms in total. The van der Waals surface area contributed by atoms with E-state index in [1.807, 2.05) is 18.3 Å². The zero-order valence-electron chi connectivity index (χ0n) is 14.8. The highest BCUT2D eigenvalue weighted by molar-refractivity contribution is 7.99. The zero-order chi connectivity index (χ0) is 17.8. The monoisotopic (exact) mass is 366 g/mol. The van der Waals surface area contributed by atoms with E-state index in [4.69, 9.17) is 4.74 Å². The third-order valence-electron chi connectivity index (χ3n) is 4.52. The number of hydrogen-bond donors (Lipinski definition) is 0. The first-order valence-electron chi connectivity index (χ1n) is 8.98. The van der Waals surface area contributed by atoms with Crippen LogP contribution in [0.2, 0.25) is 0 Å². The number of aryl methyl sites for hydroxylation is 1. The molecule has 0 saturated carbocycles. The first-order chi connectivity index (χ1) is 12.8. The van der Waals surface area contributed by atoms with E-state index in [0.717, 1.165) is 41.0 Å². The second-order valence-corrected chi connectivity index (χ2v) is 7.51. The summed E-state index contributed by atoms with van der Waals surface area (Å²) in [6.45, 7) is 2.96. The Labute approximate surface area is 157 Å². The summed E-state index contributed by atoms with van der Waals surface area (Å²) < 4.78 is 7.98. The van der Waals surface area contributed by atoms with Crippen LogP contribution in [0, 0.1) is 6.92 Å². The minimum Gasteiger partial charge on any atom is -0.377 e. The molecule has 26 heavy (non-hydrogen) atoms. The number of pyridine rings is 1. The van der Waals surface area contributed by atoms with Crippen LogP contribution >= 0.6 is 11.8 Å². The van der Waals surface area contributed by atoms with Gasteiger partial charge in [-0.25, -0.2) is 0 Å². The Hall–Kier alpha value is -2.18. The molecule has 3 aromatic rings. The van der Waals surface area contributed by atoms with Crippen molar-refractivity contribution in [3.8, 4) is 17.1 Å². The second kappa shape index (κ2) is 8.01. The largest absolute Gasteiger partial charge is 0.377 e. The highest BCUT2D eigenvalue weighted by Crippen LogP contribution is 2.29. The van der Waals surface area contributed by atoms with Crippen LogP contribution in [-0.4, -0.2) is 38.2 Å². The van der Waals surface area contributed by atoms with Gasteiger partial charge in [-0.1, -0.05) is 29.5 Å². The quantitative estimate of drug-likeness (QED) is 0.630. The van der Waals surface area contributed by atoms with Gasteiger partial charge in [-0.2, -0.15) is 0 Å². The summed E-state index contributed by atoms with van der Waals surface area (Å²) in [6.07, 6.45) is 7.45. The Morgan fingerprint density at radius 3 is 2.77 bits per heavy atom. The number of hydrogen-bond acceptors (Lipinski definition) is 5. The number of rotatable bonds is 5. The molecule has 1 aliphatic rings. The molecule has 0 N–H and O–H groups in total.